The lowest BCUT2D eigenvalue weighted by Crippen LogP contribution is -2.57. The lowest BCUT2D eigenvalue weighted by Gasteiger charge is -2.32. The molecule has 0 spiro atoms. The van der Waals surface area contributed by atoms with Gasteiger partial charge < -0.3 is 20.9 Å². The molecule has 2 heterocycles. The normalized spacial score (nSPS) is 18.3. The van der Waals surface area contributed by atoms with Crippen molar-refractivity contribution in [2.45, 2.75) is 19.4 Å². The number of hydrogen-bond donors (Lipinski definition) is 3. The van der Waals surface area contributed by atoms with Crippen LogP contribution in [0.5, 0.6) is 0 Å². The monoisotopic (exact) mass is 334 g/mol. The maximum absolute atomic E-state index is 12.6. The van der Waals surface area contributed by atoms with Crippen LogP contribution in [0.15, 0.2) is 18.2 Å². The zero-order valence-electron chi connectivity index (χ0n) is 12.9. The minimum atomic E-state index is -0.480. The highest BCUT2D eigenvalue weighted by Gasteiger charge is 2.27. The van der Waals surface area contributed by atoms with Crippen molar-refractivity contribution >= 4 is 34.3 Å². The second kappa shape index (κ2) is 6.22. The van der Waals surface area contributed by atoms with Gasteiger partial charge in [0.2, 0.25) is 11.8 Å². The highest BCUT2D eigenvalue weighted by atomic mass is 35.5. The number of aromatic nitrogens is 1. The highest BCUT2D eigenvalue weighted by molar-refractivity contribution is 6.31. The van der Waals surface area contributed by atoms with Crippen molar-refractivity contribution < 1.29 is 9.59 Å². The van der Waals surface area contributed by atoms with E-state index < -0.39 is 11.9 Å². The quantitative estimate of drug-likeness (QED) is 0.780. The van der Waals surface area contributed by atoms with Gasteiger partial charge in [0, 0.05) is 41.3 Å². The molecule has 3 rings (SSSR count). The van der Waals surface area contributed by atoms with Gasteiger partial charge in [-0.1, -0.05) is 11.6 Å². The van der Waals surface area contributed by atoms with Gasteiger partial charge in [-0.05, 0) is 30.7 Å². The van der Waals surface area contributed by atoms with Crippen LogP contribution in [0, 0.1) is 6.92 Å². The van der Waals surface area contributed by atoms with Crippen molar-refractivity contribution in [2.24, 2.45) is 5.73 Å². The molecule has 1 saturated heterocycles. The number of carbonyl (C=O) groups is 2. The molecule has 1 atom stereocenters. The Kier molecular flexibility index (Phi) is 4.28. The largest absolute Gasteiger partial charge is 0.368 e. The van der Waals surface area contributed by atoms with Gasteiger partial charge in [-0.25, -0.2) is 0 Å². The Bertz CT molecular complexity index is 771. The number of H-pyrrole nitrogens is 1. The molecule has 1 fully saturated rings. The Labute approximate surface area is 139 Å². The molecule has 4 N–H and O–H groups in total. The molecule has 0 unspecified atom stereocenters. The van der Waals surface area contributed by atoms with Gasteiger partial charge in [-0.3, -0.25) is 9.59 Å². The minimum absolute atomic E-state index is 0.0123. The van der Waals surface area contributed by atoms with Crippen LogP contribution in [0.3, 0.4) is 0 Å². The molecule has 1 aliphatic heterocycles. The average Bonchev–Trinajstić information content (AvgIpc) is 2.83. The summed E-state index contributed by atoms with van der Waals surface area (Å²) in [6.07, 6.45) is 0.275. The number of benzene rings is 1. The van der Waals surface area contributed by atoms with Gasteiger partial charge in [0.05, 0.1) is 6.42 Å². The summed E-state index contributed by atoms with van der Waals surface area (Å²) < 4.78 is 0. The predicted molar refractivity (Wildman–Crippen MR) is 89.3 cm³/mol. The number of halogens is 1. The van der Waals surface area contributed by atoms with E-state index in [1.807, 2.05) is 25.1 Å². The van der Waals surface area contributed by atoms with E-state index in [1.54, 1.807) is 4.90 Å². The number of carbonyl (C=O) groups excluding carboxylic acids is 2. The number of amides is 2. The molecule has 0 radical (unpaired) electrons. The van der Waals surface area contributed by atoms with Gasteiger partial charge in [0.1, 0.15) is 6.04 Å². The van der Waals surface area contributed by atoms with E-state index in [4.69, 9.17) is 17.3 Å². The fourth-order valence-corrected chi connectivity index (χ4v) is 3.18. The molecule has 0 saturated carbocycles. The first-order valence-electron chi connectivity index (χ1n) is 7.53. The average molecular weight is 335 g/mol. The van der Waals surface area contributed by atoms with Crippen molar-refractivity contribution in [3.8, 4) is 0 Å². The molecule has 0 aliphatic carbocycles. The first kappa shape index (κ1) is 15.8. The molecule has 2 amide bonds. The van der Waals surface area contributed by atoms with Crippen LogP contribution in [-0.2, 0) is 16.0 Å². The van der Waals surface area contributed by atoms with Crippen LogP contribution in [0.1, 0.15) is 11.3 Å². The molecule has 0 bridgehead atoms. The van der Waals surface area contributed by atoms with Crippen LogP contribution < -0.4 is 11.1 Å². The Hall–Kier alpha value is -2.05. The Balaban J connectivity index is 1.81. The number of nitrogens with zero attached hydrogens (tertiary/aromatic N) is 1. The van der Waals surface area contributed by atoms with Crippen LogP contribution in [-0.4, -0.2) is 47.4 Å². The smallest absolute Gasteiger partial charge is 0.236 e. The van der Waals surface area contributed by atoms with E-state index in [-0.39, 0.29) is 12.3 Å². The number of aromatic amines is 1. The van der Waals surface area contributed by atoms with Gasteiger partial charge in [-0.15, -0.1) is 0 Å². The molecule has 2 aromatic rings. The second-order valence-corrected chi connectivity index (χ2v) is 6.28. The lowest BCUT2D eigenvalue weighted by atomic mass is 10.1. The van der Waals surface area contributed by atoms with E-state index >= 15 is 0 Å². The van der Waals surface area contributed by atoms with Crippen molar-refractivity contribution in [2.75, 3.05) is 19.6 Å². The van der Waals surface area contributed by atoms with Gasteiger partial charge in [-0.2, -0.15) is 0 Å². The van der Waals surface area contributed by atoms with Gasteiger partial charge >= 0.3 is 0 Å². The van der Waals surface area contributed by atoms with Crippen LogP contribution in [0.4, 0.5) is 0 Å². The molecule has 1 aromatic carbocycles. The summed E-state index contributed by atoms with van der Waals surface area (Å²) in [4.78, 5) is 28.9. The standard InChI is InChI=1S/C16H19ClN4O2/c1-9-11(12-6-10(17)2-3-13(12)20-9)7-15(22)21-5-4-19-14(8-21)16(18)23/h2-3,6,14,19-20H,4-5,7-8H2,1H3,(H2,18,23)/t14-/m0/s1. The summed E-state index contributed by atoms with van der Waals surface area (Å²) in [6, 6.07) is 5.12. The zero-order valence-corrected chi connectivity index (χ0v) is 13.6. The Morgan fingerprint density at radius 2 is 2.22 bits per heavy atom. The molecular formula is C16H19ClN4O2. The molecule has 122 valence electrons. The molecule has 7 heteroatoms. The third-order valence-electron chi connectivity index (χ3n) is 4.28. The number of fused-ring (bicyclic) bond motifs is 1. The first-order chi connectivity index (χ1) is 11.0. The van der Waals surface area contributed by atoms with E-state index in [0.29, 0.717) is 24.7 Å². The van der Waals surface area contributed by atoms with Crippen LogP contribution in [0.25, 0.3) is 10.9 Å². The predicted octanol–water partition coefficient (Wildman–Crippen LogP) is 0.958. The Morgan fingerprint density at radius 3 is 2.96 bits per heavy atom. The number of aryl methyl sites for hydroxylation is 1. The summed E-state index contributed by atoms with van der Waals surface area (Å²) in [5.74, 6) is -0.445. The maximum Gasteiger partial charge on any atom is 0.236 e. The van der Waals surface area contributed by atoms with Crippen molar-refractivity contribution in [3.63, 3.8) is 0 Å². The lowest BCUT2D eigenvalue weighted by molar-refractivity contribution is -0.133. The number of piperazine rings is 1. The fraction of sp³-hybridized carbons (Fsp3) is 0.375. The van der Waals surface area contributed by atoms with Crippen molar-refractivity contribution in [1.29, 1.82) is 0 Å². The summed E-state index contributed by atoms with van der Waals surface area (Å²) in [5, 5.41) is 4.62. The highest BCUT2D eigenvalue weighted by Crippen LogP contribution is 2.26. The van der Waals surface area contributed by atoms with E-state index in [2.05, 4.69) is 10.3 Å². The third-order valence-corrected chi connectivity index (χ3v) is 4.52. The first-order valence-corrected chi connectivity index (χ1v) is 7.90. The van der Waals surface area contributed by atoms with Gasteiger partial charge in [0.15, 0.2) is 0 Å². The number of hydrogen-bond acceptors (Lipinski definition) is 3. The summed E-state index contributed by atoms with van der Waals surface area (Å²) in [7, 11) is 0. The van der Waals surface area contributed by atoms with E-state index in [1.165, 1.54) is 0 Å². The van der Waals surface area contributed by atoms with Crippen LogP contribution in [0.2, 0.25) is 5.02 Å². The summed E-state index contributed by atoms with van der Waals surface area (Å²) in [5.41, 5.74) is 8.19. The maximum atomic E-state index is 12.6. The number of nitrogens with one attached hydrogen (secondary N) is 2. The molecule has 23 heavy (non-hydrogen) atoms. The number of rotatable bonds is 3. The number of nitrogens with two attached hydrogens (primary N) is 1. The van der Waals surface area contributed by atoms with Gasteiger partial charge in [0.25, 0.3) is 0 Å². The van der Waals surface area contributed by atoms with Crippen LogP contribution >= 0.6 is 11.6 Å². The third kappa shape index (κ3) is 3.18. The Morgan fingerprint density at radius 1 is 1.43 bits per heavy atom. The number of primary amides is 1. The van der Waals surface area contributed by atoms with E-state index in [9.17, 15) is 9.59 Å². The molecular weight excluding hydrogens is 316 g/mol. The topological polar surface area (TPSA) is 91.2 Å². The SMILES string of the molecule is Cc1[nH]c2ccc(Cl)cc2c1CC(=O)N1CCN[C@H](C(N)=O)C1. The summed E-state index contributed by atoms with van der Waals surface area (Å²) in [6.45, 7) is 3.40. The van der Waals surface area contributed by atoms with Crippen molar-refractivity contribution in [1.82, 2.24) is 15.2 Å². The fourth-order valence-electron chi connectivity index (χ4n) is 3.01. The molecule has 6 nitrogen and oxygen atoms in total. The van der Waals surface area contributed by atoms with E-state index in [0.717, 1.165) is 22.2 Å². The second-order valence-electron chi connectivity index (χ2n) is 5.84. The van der Waals surface area contributed by atoms with Crippen molar-refractivity contribution in [3.05, 3.63) is 34.5 Å². The minimum Gasteiger partial charge on any atom is -0.368 e. The molecule has 1 aliphatic rings. The zero-order chi connectivity index (χ0) is 16.6. The molecule has 1 aromatic heterocycles. The summed E-state index contributed by atoms with van der Waals surface area (Å²) >= 11 is 6.07.